The van der Waals surface area contributed by atoms with E-state index in [-0.39, 0.29) is 0 Å². The van der Waals surface area contributed by atoms with Gasteiger partial charge in [0, 0.05) is 25.8 Å². The van der Waals surface area contributed by atoms with Crippen molar-refractivity contribution in [2.75, 3.05) is 25.0 Å². The van der Waals surface area contributed by atoms with Crippen molar-refractivity contribution < 1.29 is 8.42 Å². The van der Waals surface area contributed by atoms with Gasteiger partial charge in [0.1, 0.15) is 0 Å². The Hall–Kier alpha value is -1.85. The molecule has 0 aromatic heterocycles. The Morgan fingerprint density at radius 1 is 1.05 bits per heavy atom. The smallest absolute Gasteiger partial charge is 0.240 e. The van der Waals surface area contributed by atoms with E-state index in [1.165, 1.54) is 0 Å². The topological polar surface area (TPSA) is 49.4 Å². The van der Waals surface area contributed by atoms with Crippen LogP contribution in [0.5, 0.6) is 0 Å². The van der Waals surface area contributed by atoms with E-state index in [1.807, 2.05) is 50.4 Å². The van der Waals surface area contributed by atoms with Gasteiger partial charge in [0.05, 0.1) is 4.90 Å². The van der Waals surface area contributed by atoms with Crippen molar-refractivity contribution in [3.63, 3.8) is 0 Å². The first-order valence-electron chi connectivity index (χ1n) is 7.31. The van der Waals surface area contributed by atoms with E-state index in [2.05, 4.69) is 9.62 Å². The van der Waals surface area contributed by atoms with E-state index in [4.69, 9.17) is 0 Å². The molecule has 0 unspecified atom stereocenters. The maximum Gasteiger partial charge on any atom is 0.240 e. The second-order valence-corrected chi connectivity index (χ2v) is 7.09. The molecule has 0 fully saturated rings. The Morgan fingerprint density at radius 3 is 2.45 bits per heavy atom. The number of para-hydroxylation sites is 1. The molecule has 0 radical (unpaired) electrons. The summed E-state index contributed by atoms with van der Waals surface area (Å²) >= 11 is 0. The Kier molecular flexibility index (Phi) is 5.57. The number of anilines is 1. The van der Waals surface area contributed by atoms with Crippen LogP contribution in [-0.2, 0) is 10.0 Å². The monoisotopic (exact) mass is 318 g/mol. The molecule has 0 aliphatic heterocycles. The largest absolute Gasteiger partial charge is 0.375 e. The molecule has 0 saturated carbocycles. The fourth-order valence-electron chi connectivity index (χ4n) is 2.20. The number of rotatable bonds is 7. The van der Waals surface area contributed by atoms with Gasteiger partial charge in [-0.2, -0.15) is 0 Å². The van der Waals surface area contributed by atoms with E-state index in [0.29, 0.717) is 11.4 Å². The number of nitrogens with one attached hydrogen (secondary N) is 1. The fourth-order valence-corrected chi connectivity index (χ4v) is 3.38. The van der Waals surface area contributed by atoms with Crippen molar-refractivity contribution in [1.82, 2.24) is 4.72 Å². The van der Waals surface area contributed by atoms with Crippen LogP contribution < -0.4 is 9.62 Å². The van der Waals surface area contributed by atoms with E-state index in [9.17, 15) is 8.42 Å². The van der Waals surface area contributed by atoms with Gasteiger partial charge in [-0.1, -0.05) is 30.3 Å². The Balaban J connectivity index is 1.83. The normalized spacial score (nSPS) is 11.4. The second kappa shape index (κ2) is 7.42. The highest BCUT2D eigenvalue weighted by Gasteiger charge is 2.13. The minimum Gasteiger partial charge on any atom is -0.375 e. The molecule has 2 aromatic rings. The number of sulfonamides is 1. The predicted molar refractivity (Wildman–Crippen MR) is 90.7 cm³/mol. The molecule has 0 spiro atoms. The second-order valence-electron chi connectivity index (χ2n) is 5.32. The van der Waals surface area contributed by atoms with Gasteiger partial charge >= 0.3 is 0 Å². The van der Waals surface area contributed by atoms with Crippen molar-refractivity contribution in [2.24, 2.45) is 0 Å². The zero-order chi connectivity index (χ0) is 16.0. The Morgan fingerprint density at radius 2 is 1.77 bits per heavy atom. The van der Waals surface area contributed by atoms with Crippen molar-refractivity contribution in [2.45, 2.75) is 18.2 Å². The Labute approximate surface area is 132 Å². The average molecular weight is 318 g/mol. The number of hydrogen-bond donors (Lipinski definition) is 1. The van der Waals surface area contributed by atoms with E-state index in [1.54, 1.807) is 18.2 Å². The molecule has 4 nitrogen and oxygen atoms in total. The van der Waals surface area contributed by atoms with E-state index >= 15 is 0 Å². The Bertz CT molecular complexity index is 700. The lowest BCUT2D eigenvalue weighted by molar-refractivity contribution is 0.579. The van der Waals surface area contributed by atoms with Crippen LogP contribution in [0.15, 0.2) is 59.5 Å². The maximum absolute atomic E-state index is 12.2. The van der Waals surface area contributed by atoms with Gasteiger partial charge in [-0.3, -0.25) is 0 Å². The van der Waals surface area contributed by atoms with Gasteiger partial charge in [-0.15, -0.1) is 0 Å². The molecular formula is C17H22N2O2S. The van der Waals surface area contributed by atoms with E-state index < -0.39 is 10.0 Å². The zero-order valence-corrected chi connectivity index (χ0v) is 13.8. The summed E-state index contributed by atoms with van der Waals surface area (Å²) in [7, 11) is -1.41. The van der Waals surface area contributed by atoms with Crippen molar-refractivity contribution in [1.29, 1.82) is 0 Å². The SMILES string of the molecule is Cc1cccc(S(=O)(=O)NCCCN(C)c2ccccc2)c1. The molecule has 0 aliphatic carbocycles. The van der Waals surface area contributed by atoms with Crippen LogP contribution >= 0.6 is 0 Å². The van der Waals surface area contributed by atoms with Gasteiger partial charge in [0.25, 0.3) is 0 Å². The molecule has 0 bridgehead atoms. The zero-order valence-electron chi connectivity index (χ0n) is 13.0. The third-order valence-electron chi connectivity index (χ3n) is 3.46. The minimum atomic E-state index is -3.41. The van der Waals surface area contributed by atoms with E-state index in [0.717, 1.165) is 24.2 Å². The number of hydrogen-bond acceptors (Lipinski definition) is 3. The van der Waals surface area contributed by atoms with Crippen molar-refractivity contribution in [3.05, 3.63) is 60.2 Å². The van der Waals surface area contributed by atoms with Gasteiger partial charge in [-0.05, 0) is 43.2 Å². The lowest BCUT2D eigenvalue weighted by atomic mass is 10.2. The molecule has 118 valence electrons. The minimum absolute atomic E-state index is 0.323. The lowest BCUT2D eigenvalue weighted by Crippen LogP contribution is -2.28. The van der Waals surface area contributed by atoms with Gasteiger partial charge < -0.3 is 4.90 Å². The van der Waals surface area contributed by atoms with Crippen LogP contribution in [0.1, 0.15) is 12.0 Å². The van der Waals surface area contributed by atoms with Gasteiger partial charge in [0.15, 0.2) is 0 Å². The molecule has 2 aromatic carbocycles. The van der Waals surface area contributed by atoms with Crippen molar-refractivity contribution >= 4 is 15.7 Å². The summed E-state index contributed by atoms with van der Waals surface area (Å²) < 4.78 is 27.0. The van der Waals surface area contributed by atoms with Crippen LogP contribution in [0.3, 0.4) is 0 Å². The molecule has 0 amide bonds. The molecular weight excluding hydrogens is 296 g/mol. The number of aryl methyl sites for hydroxylation is 1. The highest BCUT2D eigenvalue weighted by molar-refractivity contribution is 7.89. The first kappa shape index (κ1) is 16.5. The van der Waals surface area contributed by atoms with Gasteiger partial charge in [0.2, 0.25) is 10.0 Å². The van der Waals surface area contributed by atoms with Crippen LogP contribution in [0.2, 0.25) is 0 Å². The van der Waals surface area contributed by atoms with Crippen LogP contribution in [0.4, 0.5) is 5.69 Å². The number of nitrogens with zero attached hydrogens (tertiary/aromatic N) is 1. The average Bonchev–Trinajstić information content (AvgIpc) is 2.52. The summed E-state index contributed by atoms with van der Waals surface area (Å²) in [5.74, 6) is 0. The molecule has 0 heterocycles. The summed E-state index contributed by atoms with van der Waals surface area (Å²) in [6, 6.07) is 17.0. The maximum atomic E-state index is 12.2. The first-order valence-corrected chi connectivity index (χ1v) is 8.80. The third-order valence-corrected chi connectivity index (χ3v) is 4.92. The molecule has 0 saturated heterocycles. The highest BCUT2D eigenvalue weighted by Crippen LogP contribution is 2.12. The molecule has 2 rings (SSSR count). The lowest BCUT2D eigenvalue weighted by Gasteiger charge is -2.19. The summed E-state index contributed by atoms with van der Waals surface area (Å²) in [6.45, 7) is 3.10. The van der Waals surface area contributed by atoms with Crippen molar-refractivity contribution in [3.8, 4) is 0 Å². The summed E-state index contributed by atoms with van der Waals surface area (Å²) in [4.78, 5) is 2.44. The van der Waals surface area contributed by atoms with Crippen LogP contribution in [0.25, 0.3) is 0 Å². The summed E-state index contributed by atoms with van der Waals surface area (Å²) in [6.07, 6.45) is 0.746. The molecule has 0 aliphatic rings. The van der Waals surface area contributed by atoms with Gasteiger partial charge in [-0.25, -0.2) is 13.1 Å². The third kappa shape index (κ3) is 4.58. The fraction of sp³-hybridized carbons (Fsp3) is 0.294. The van der Waals surface area contributed by atoms with Crippen LogP contribution in [0, 0.1) is 6.92 Å². The summed E-state index contributed by atoms with van der Waals surface area (Å²) in [5, 5.41) is 0. The molecule has 22 heavy (non-hydrogen) atoms. The standard InChI is InChI=1S/C17H22N2O2S/c1-15-8-6-11-17(14-15)22(20,21)18-12-7-13-19(2)16-9-4-3-5-10-16/h3-6,8-11,14,18H,7,12-13H2,1-2H3. The predicted octanol–water partition coefficient (Wildman–Crippen LogP) is 2.80. The highest BCUT2D eigenvalue weighted by atomic mass is 32.2. The molecule has 0 atom stereocenters. The van der Waals surface area contributed by atoms with Crippen LogP contribution in [-0.4, -0.2) is 28.6 Å². The summed E-state index contributed by atoms with van der Waals surface area (Å²) in [5.41, 5.74) is 2.07. The quantitative estimate of drug-likeness (QED) is 0.799. The molecule has 1 N–H and O–H groups in total. The molecule has 5 heteroatoms. The first-order chi connectivity index (χ1) is 10.5. The number of benzene rings is 2.